The zero-order valence-corrected chi connectivity index (χ0v) is 19.5. The van der Waals surface area contributed by atoms with E-state index in [1.54, 1.807) is 30.5 Å². The van der Waals surface area contributed by atoms with Gasteiger partial charge in [-0.05, 0) is 49.1 Å². The van der Waals surface area contributed by atoms with Gasteiger partial charge in [0.1, 0.15) is 6.04 Å². The van der Waals surface area contributed by atoms with Crippen LogP contribution in [0, 0.1) is 17.8 Å². The van der Waals surface area contributed by atoms with Crippen molar-refractivity contribution in [2.45, 2.75) is 31.7 Å². The lowest BCUT2D eigenvalue weighted by atomic mass is 9.74. The van der Waals surface area contributed by atoms with E-state index in [4.69, 9.17) is 0 Å². The van der Waals surface area contributed by atoms with Gasteiger partial charge in [-0.15, -0.1) is 0 Å². The van der Waals surface area contributed by atoms with Crippen LogP contribution in [0.15, 0.2) is 66.9 Å². The Balaban J connectivity index is 1.53. The summed E-state index contributed by atoms with van der Waals surface area (Å²) in [7, 11) is 0. The van der Waals surface area contributed by atoms with Crippen molar-refractivity contribution in [1.29, 1.82) is 0 Å². The molecule has 0 radical (unpaired) electrons. The molecule has 1 heterocycles. The second-order valence-corrected chi connectivity index (χ2v) is 9.13. The largest absolute Gasteiger partial charge is 0.481 e. The van der Waals surface area contributed by atoms with Gasteiger partial charge < -0.3 is 20.8 Å². The Labute approximate surface area is 207 Å². The third kappa shape index (κ3) is 6.04. The van der Waals surface area contributed by atoms with Gasteiger partial charge in [0.25, 0.3) is 0 Å². The predicted octanol–water partition coefficient (Wildman–Crippen LogP) is 3.10. The van der Waals surface area contributed by atoms with Crippen LogP contribution in [-0.4, -0.2) is 45.0 Å². The number of nitrogens with one attached hydrogen (secondary N) is 2. The van der Waals surface area contributed by atoms with Gasteiger partial charge in [-0.1, -0.05) is 36.4 Å². The van der Waals surface area contributed by atoms with E-state index in [2.05, 4.69) is 15.6 Å². The Hall–Kier alpha value is -4.27. The number of pyridine rings is 1. The maximum atomic E-state index is 13.3. The van der Waals surface area contributed by atoms with Crippen molar-refractivity contribution in [2.75, 3.05) is 5.32 Å². The SMILES string of the molecule is O=C(N[C@@H](Cc1ccccc1)C(=O)Nc1ccc2ncccc2c1)C1C[C@@H](C(=O)O)C[C@@H](C(=O)O)C1. The number of carbonyl (C=O) groups is 4. The number of amides is 2. The zero-order valence-electron chi connectivity index (χ0n) is 19.5. The summed E-state index contributed by atoms with van der Waals surface area (Å²) in [6.45, 7) is 0. The van der Waals surface area contributed by atoms with Crippen molar-refractivity contribution in [3.05, 3.63) is 72.4 Å². The van der Waals surface area contributed by atoms with Crippen LogP contribution in [0.3, 0.4) is 0 Å². The van der Waals surface area contributed by atoms with Gasteiger partial charge in [0, 0.05) is 29.6 Å². The fourth-order valence-corrected chi connectivity index (χ4v) is 4.67. The van der Waals surface area contributed by atoms with Crippen LogP contribution in [0.2, 0.25) is 0 Å². The fraction of sp³-hybridized carbons (Fsp3) is 0.296. The number of hydrogen-bond acceptors (Lipinski definition) is 5. The monoisotopic (exact) mass is 489 g/mol. The van der Waals surface area contributed by atoms with E-state index in [9.17, 15) is 29.4 Å². The number of hydrogen-bond donors (Lipinski definition) is 4. The van der Waals surface area contributed by atoms with Crippen LogP contribution in [-0.2, 0) is 25.6 Å². The van der Waals surface area contributed by atoms with Crippen LogP contribution in [0.5, 0.6) is 0 Å². The molecule has 1 aliphatic rings. The molecule has 3 aromatic rings. The summed E-state index contributed by atoms with van der Waals surface area (Å²) in [5.74, 6) is -5.88. The van der Waals surface area contributed by atoms with Crippen molar-refractivity contribution in [2.24, 2.45) is 17.8 Å². The van der Waals surface area contributed by atoms with Crippen LogP contribution < -0.4 is 10.6 Å². The highest BCUT2D eigenvalue weighted by Gasteiger charge is 2.40. The molecule has 4 N–H and O–H groups in total. The third-order valence-corrected chi connectivity index (χ3v) is 6.56. The molecule has 1 aliphatic carbocycles. The van der Waals surface area contributed by atoms with E-state index in [1.165, 1.54) is 0 Å². The third-order valence-electron chi connectivity index (χ3n) is 6.56. The molecule has 2 amide bonds. The molecule has 9 nitrogen and oxygen atoms in total. The van der Waals surface area contributed by atoms with E-state index >= 15 is 0 Å². The van der Waals surface area contributed by atoms with E-state index in [0.29, 0.717) is 5.69 Å². The lowest BCUT2D eigenvalue weighted by Crippen LogP contribution is -2.49. The number of rotatable bonds is 8. The summed E-state index contributed by atoms with van der Waals surface area (Å²) in [6.07, 6.45) is 1.94. The number of fused-ring (bicyclic) bond motifs is 1. The fourth-order valence-electron chi connectivity index (χ4n) is 4.67. The lowest BCUT2D eigenvalue weighted by molar-refractivity contribution is -0.150. The minimum absolute atomic E-state index is 0.0147. The van der Waals surface area contributed by atoms with Crippen LogP contribution in [0.4, 0.5) is 5.69 Å². The van der Waals surface area contributed by atoms with E-state index in [0.717, 1.165) is 16.5 Å². The Kier molecular flexibility index (Phi) is 7.58. The van der Waals surface area contributed by atoms with Crippen molar-refractivity contribution in [1.82, 2.24) is 10.3 Å². The highest BCUT2D eigenvalue weighted by molar-refractivity contribution is 5.99. The smallest absolute Gasteiger partial charge is 0.306 e. The highest BCUT2D eigenvalue weighted by atomic mass is 16.4. The van der Waals surface area contributed by atoms with Gasteiger partial charge >= 0.3 is 11.9 Å². The molecule has 1 unspecified atom stereocenters. The summed E-state index contributed by atoms with van der Waals surface area (Å²) in [6, 6.07) is 17.2. The van der Waals surface area contributed by atoms with Crippen molar-refractivity contribution in [3.8, 4) is 0 Å². The summed E-state index contributed by atoms with van der Waals surface area (Å²) >= 11 is 0. The molecule has 0 spiro atoms. The molecular weight excluding hydrogens is 462 g/mol. The Morgan fingerprint density at radius 3 is 2.19 bits per heavy atom. The molecule has 2 aromatic carbocycles. The number of benzene rings is 2. The first-order valence-electron chi connectivity index (χ1n) is 11.8. The molecule has 1 saturated carbocycles. The number of anilines is 1. The summed E-state index contributed by atoms with van der Waals surface area (Å²) in [5, 5.41) is 25.4. The number of aliphatic carboxylic acids is 2. The molecule has 36 heavy (non-hydrogen) atoms. The Bertz CT molecular complexity index is 1260. The number of carbonyl (C=O) groups excluding carboxylic acids is 2. The first-order valence-corrected chi connectivity index (χ1v) is 11.8. The molecule has 9 heteroatoms. The first-order chi connectivity index (χ1) is 17.3. The second kappa shape index (κ2) is 11.0. The highest BCUT2D eigenvalue weighted by Crippen LogP contribution is 2.34. The molecular formula is C27H27N3O6. The van der Waals surface area contributed by atoms with Crippen LogP contribution >= 0.6 is 0 Å². The van der Waals surface area contributed by atoms with Crippen LogP contribution in [0.25, 0.3) is 10.9 Å². The van der Waals surface area contributed by atoms with E-state index < -0.39 is 47.5 Å². The minimum atomic E-state index is -1.12. The van der Waals surface area contributed by atoms with Gasteiger partial charge in [0.2, 0.25) is 11.8 Å². The summed E-state index contributed by atoms with van der Waals surface area (Å²) in [4.78, 5) is 53.9. The van der Waals surface area contributed by atoms with Crippen molar-refractivity contribution < 1.29 is 29.4 Å². The molecule has 0 aliphatic heterocycles. The quantitative estimate of drug-likeness (QED) is 0.380. The standard InChI is InChI=1S/C27H27N3O6/c31-24(18-12-19(26(33)34)14-20(13-18)27(35)36)30-23(11-16-5-2-1-3-6-16)25(32)29-21-8-9-22-17(15-21)7-4-10-28-22/h1-10,15,18-20,23H,11-14H2,(H,29,32)(H,30,31)(H,33,34)(H,35,36)/t18?,19-,20+,23-/m0/s1. The molecule has 1 fully saturated rings. The molecule has 186 valence electrons. The van der Waals surface area contributed by atoms with E-state index in [1.807, 2.05) is 36.4 Å². The topological polar surface area (TPSA) is 146 Å². The normalized spacial score (nSPS) is 20.3. The molecule has 4 atom stereocenters. The number of carboxylic acids is 2. The van der Waals surface area contributed by atoms with Gasteiger partial charge in [-0.25, -0.2) is 0 Å². The Morgan fingerprint density at radius 1 is 0.861 bits per heavy atom. The first kappa shape index (κ1) is 24.8. The average Bonchev–Trinajstić information content (AvgIpc) is 2.88. The molecule has 0 saturated heterocycles. The second-order valence-electron chi connectivity index (χ2n) is 9.13. The van der Waals surface area contributed by atoms with Gasteiger partial charge in [-0.3, -0.25) is 24.2 Å². The number of carboxylic acid groups (broad SMARTS) is 2. The van der Waals surface area contributed by atoms with Crippen molar-refractivity contribution in [3.63, 3.8) is 0 Å². The number of nitrogens with zero attached hydrogens (tertiary/aromatic N) is 1. The minimum Gasteiger partial charge on any atom is -0.481 e. The average molecular weight is 490 g/mol. The van der Waals surface area contributed by atoms with E-state index in [-0.39, 0.29) is 25.7 Å². The zero-order chi connectivity index (χ0) is 25.7. The molecule has 0 bridgehead atoms. The van der Waals surface area contributed by atoms with Gasteiger partial charge in [-0.2, -0.15) is 0 Å². The Morgan fingerprint density at radius 2 is 1.53 bits per heavy atom. The van der Waals surface area contributed by atoms with Crippen molar-refractivity contribution >= 4 is 40.3 Å². The van der Waals surface area contributed by atoms with Gasteiger partial charge in [0.05, 0.1) is 17.4 Å². The summed E-state index contributed by atoms with van der Waals surface area (Å²) < 4.78 is 0. The summed E-state index contributed by atoms with van der Waals surface area (Å²) in [5.41, 5.74) is 2.15. The molecule has 4 rings (SSSR count). The van der Waals surface area contributed by atoms with Crippen LogP contribution in [0.1, 0.15) is 24.8 Å². The molecule has 1 aromatic heterocycles. The predicted molar refractivity (Wildman–Crippen MR) is 132 cm³/mol. The van der Waals surface area contributed by atoms with Gasteiger partial charge in [0.15, 0.2) is 0 Å². The number of aromatic nitrogens is 1. The lowest BCUT2D eigenvalue weighted by Gasteiger charge is -2.31. The maximum Gasteiger partial charge on any atom is 0.306 e. The maximum absolute atomic E-state index is 13.3.